The van der Waals surface area contributed by atoms with Crippen LogP contribution in [-0.4, -0.2) is 47.8 Å². The number of pyridine rings is 1. The highest BCUT2D eigenvalue weighted by molar-refractivity contribution is 7.89. The average molecular weight is 475 g/mol. The highest BCUT2D eigenvalue weighted by atomic mass is 32.2. The molecule has 34 heavy (non-hydrogen) atoms. The molecule has 0 radical (unpaired) electrons. The lowest BCUT2D eigenvalue weighted by Gasteiger charge is -2.24. The summed E-state index contributed by atoms with van der Waals surface area (Å²) in [6.07, 6.45) is 5.53. The molecule has 3 heterocycles. The van der Waals surface area contributed by atoms with Gasteiger partial charge in [-0.3, -0.25) is 14.8 Å². The van der Waals surface area contributed by atoms with Crippen molar-refractivity contribution in [2.24, 2.45) is 5.10 Å². The molecule has 1 atom stereocenters. The van der Waals surface area contributed by atoms with Gasteiger partial charge in [0.2, 0.25) is 15.5 Å². The van der Waals surface area contributed by atoms with Gasteiger partial charge in [-0.15, -0.1) is 0 Å². The molecule has 1 unspecified atom stereocenters. The molecule has 10 heteroatoms. The molecular weight excluding hydrogens is 452 g/mol. The molecule has 0 amide bonds. The Morgan fingerprint density at radius 1 is 1.03 bits per heavy atom. The van der Waals surface area contributed by atoms with Crippen LogP contribution in [0.2, 0.25) is 0 Å². The molecule has 0 bridgehead atoms. The van der Waals surface area contributed by atoms with Crippen molar-refractivity contribution in [1.82, 2.24) is 19.1 Å². The third kappa shape index (κ3) is 3.76. The fourth-order valence-corrected chi connectivity index (χ4v) is 4.89. The van der Waals surface area contributed by atoms with Gasteiger partial charge in [-0.2, -0.15) is 10.2 Å². The van der Waals surface area contributed by atoms with Crippen LogP contribution in [0.3, 0.4) is 0 Å². The molecule has 1 aliphatic rings. The number of sulfonamides is 1. The summed E-state index contributed by atoms with van der Waals surface area (Å²) in [6.45, 7) is 0. The molecule has 1 aliphatic heterocycles. The zero-order chi connectivity index (χ0) is 23.9. The second-order valence-corrected chi connectivity index (χ2v) is 10.2. The Kier molecular flexibility index (Phi) is 5.46. The molecule has 9 nitrogen and oxygen atoms in total. The van der Waals surface area contributed by atoms with Gasteiger partial charge in [0.05, 0.1) is 21.8 Å². The Bertz CT molecular complexity index is 1570. The van der Waals surface area contributed by atoms with Crippen LogP contribution in [-0.2, 0) is 10.0 Å². The number of aromatic nitrogens is 3. The smallest absolute Gasteiger partial charge is 0.242 e. The van der Waals surface area contributed by atoms with Gasteiger partial charge in [-0.1, -0.05) is 24.3 Å². The van der Waals surface area contributed by atoms with Crippen molar-refractivity contribution < 1.29 is 8.42 Å². The van der Waals surface area contributed by atoms with Gasteiger partial charge in [0, 0.05) is 50.6 Å². The zero-order valence-electron chi connectivity index (χ0n) is 18.6. The van der Waals surface area contributed by atoms with Crippen molar-refractivity contribution in [3.05, 3.63) is 89.0 Å². The highest BCUT2D eigenvalue weighted by Crippen LogP contribution is 2.35. The van der Waals surface area contributed by atoms with Crippen LogP contribution in [0.5, 0.6) is 0 Å². The molecule has 0 fully saturated rings. The molecule has 4 aromatic rings. The summed E-state index contributed by atoms with van der Waals surface area (Å²) < 4.78 is 27.8. The maximum absolute atomic E-state index is 12.9. The molecule has 172 valence electrons. The maximum Gasteiger partial charge on any atom is 0.242 e. The zero-order valence-corrected chi connectivity index (χ0v) is 19.4. The second kappa shape index (κ2) is 8.47. The third-order valence-electron chi connectivity index (χ3n) is 5.71. The highest BCUT2D eigenvalue weighted by Gasteiger charge is 2.29. The van der Waals surface area contributed by atoms with E-state index in [1.807, 2.05) is 30.3 Å². The van der Waals surface area contributed by atoms with Gasteiger partial charge < -0.3 is 0 Å². The number of rotatable bonds is 5. The number of benzene rings is 2. The van der Waals surface area contributed by atoms with Crippen molar-refractivity contribution in [3.8, 4) is 5.69 Å². The monoisotopic (exact) mass is 474 g/mol. The van der Waals surface area contributed by atoms with Crippen LogP contribution in [0.1, 0.15) is 18.2 Å². The van der Waals surface area contributed by atoms with Crippen molar-refractivity contribution in [3.63, 3.8) is 0 Å². The summed E-state index contributed by atoms with van der Waals surface area (Å²) in [5.74, 6) is 0. The third-order valence-corrected chi connectivity index (χ3v) is 7.53. The van der Waals surface area contributed by atoms with Gasteiger partial charge in [-0.25, -0.2) is 17.4 Å². The van der Waals surface area contributed by atoms with Crippen LogP contribution in [0, 0.1) is 0 Å². The van der Waals surface area contributed by atoms with E-state index in [1.54, 1.807) is 29.6 Å². The van der Waals surface area contributed by atoms with E-state index in [0.717, 1.165) is 20.9 Å². The van der Waals surface area contributed by atoms with Crippen molar-refractivity contribution in [1.29, 1.82) is 0 Å². The summed E-state index contributed by atoms with van der Waals surface area (Å²) in [5, 5.41) is 11.9. The summed E-state index contributed by atoms with van der Waals surface area (Å²) in [5.41, 5.74) is 2.30. The van der Waals surface area contributed by atoms with Crippen molar-refractivity contribution in [2.45, 2.75) is 17.4 Å². The van der Waals surface area contributed by atoms with E-state index in [-0.39, 0.29) is 10.3 Å². The van der Waals surface area contributed by atoms with Crippen LogP contribution in [0.25, 0.3) is 16.6 Å². The van der Waals surface area contributed by atoms with Crippen LogP contribution in [0.4, 0.5) is 5.69 Å². The summed E-state index contributed by atoms with van der Waals surface area (Å²) in [4.78, 5) is 17.4. The van der Waals surface area contributed by atoms with E-state index >= 15 is 0 Å². The van der Waals surface area contributed by atoms with Crippen molar-refractivity contribution >= 4 is 32.8 Å². The summed E-state index contributed by atoms with van der Waals surface area (Å²) in [6, 6.07) is 17.1. The molecule has 2 aromatic carbocycles. The minimum absolute atomic E-state index is 0.145. The Morgan fingerprint density at radius 2 is 1.85 bits per heavy atom. The Morgan fingerprint density at radius 3 is 2.68 bits per heavy atom. The molecular formula is C24H22N6O3S. The quantitative estimate of drug-likeness (QED) is 0.441. The first-order valence-corrected chi connectivity index (χ1v) is 12.1. The first kappa shape index (κ1) is 21.9. The van der Waals surface area contributed by atoms with E-state index in [9.17, 15) is 13.2 Å². The Hall–Kier alpha value is -3.89. The Balaban J connectivity index is 1.57. The molecule has 0 spiro atoms. The lowest BCUT2D eigenvalue weighted by molar-refractivity contribution is 0.520. The fourth-order valence-electron chi connectivity index (χ4n) is 3.95. The van der Waals surface area contributed by atoms with Gasteiger partial charge in [-0.05, 0) is 30.3 Å². The first-order chi connectivity index (χ1) is 16.4. The van der Waals surface area contributed by atoms with Gasteiger partial charge in [0.25, 0.3) is 0 Å². The minimum atomic E-state index is -3.61. The predicted molar refractivity (Wildman–Crippen MR) is 131 cm³/mol. The summed E-state index contributed by atoms with van der Waals surface area (Å²) >= 11 is 0. The van der Waals surface area contributed by atoms with E-state index < -0.39 is 16.1 Å². The molecule has 0 saturated heterocycles. The molecule has 0 saturated carbocycles. The minimum Gasteiger partial charge on any atom is -0.288 e. The predicted octanol–water partition coefficient (Wildman–Crippen LogP) is 2.97. The molecule has 2 aromatic heterocycles. The van der Waals surface area contributed by atoms with Crippen LogP contribution < -0.4 is 10.4 Å². The van der Waals surface area contributed by atoms with E-state index in [0.29, 0.717) is 17.8 Å². The van der Waals surface area contributed by atoms with E-state index in [4.69, 9.17) is 0 Å². The molecule has 0 N–H and O–H groups in total. The SMILES string of the molecule is CN(C)S(=O)(=O)c1cccc(-n2ccc(=O)c(C3CC=NN3c3ccnc4ccccc34)n2)c1. The standard InChI is InChI=1S/C24H22N6O3S/c1-28(2)34(32,33)18-7-5-6-17(16-18)29-15-12-23(31)24(27-29)22-11-14-26-30(22)21-10-13-25-20-9-4-3-8-19(20)21/h3-10,12-16,22H,11H2,1-2H3. The maximum atomic E-state index is 12.9. The number of nitrogens with zero attached hydrogens (tertiary/aromatic N) is 6. The first-order valence-electron chi connectivity index (χ1n) is 10.6. The molecule has 0 aliphatic carbocycles. The number of hydrazone groups is 1. The summed E-state index contributed by atoms with van der Waals surface area (Å²) in [7, 11) is -0.648. The van der Waals surface area contributed by atoms with E-state index in [2.05, 4.69) is 15.2 Å². The average Bonchev–Trinajstić information content (AvgIpc) is 3.33. The second-order valence-electron chi connectivity index (χ2n) is 8.04. The number of para-hydroxylation sites is 1. The van der Waals surface area contributed by atoms with Crippen LogP contribution >= 0.6 is 0 Å². The number of hydrogen-bond donors (Lipinski definition) is 0. The van der Waals surface area contributed by atoms with Crippen LogP contribution in [0.15, 0.2) is 87.8 Å². The number of hydrogen-bond acceptors (Lipinski definition) is 7. The number of fused-ring (bicyclic) bond motifs is 1. The normalized spacial score (nSPS) is 16.0. The Labute approximate surface area is 196 Å². The van der Waals surface area contributed by atoms with Gasteiger partial charge in [0.1, 0.15) is 11.7 Å². The van der Waals surface area contributed by atoms with E-state index in [1.165, 1.54) is 43.2 Å². The lowest BCUT2D eigenvalue weighted by Crippen LogP contribution is -2.27. The van der Waals surface area contributed by atoms with Gasteiger partial charge >= 0.3 is 0 Å². The largest absolute Gasteiger partial charge is 0.288 e. The fraction of sp³-hybridized carbons (Fsp3) is 0.167. The topological polar surface area (TPSA) is 101 Å². The lowest BCUT2D eigenvalue weighted by atomic mass is 10.1. The van der Waals surface area contributed by atoms with Gasteiger partial charge in [0.15, 0.2) is 0 Å². The molecule has 5 rings (SSSR count). The number of anilines is 1. The van der Waals surface area contributed by atoms with Crippen molar-refractivity contribution in [2.75, 3.05) is 19.1 Å².